The van der Waals surface area contributed by atoms with Gasteiger partial charge in [0.1, 0.15) is 17.7 Å². The number of aryl methyl sites for hydroxylation is 1. The van der Waals surface area contributed by atoms with Crippen molar-refractivity contribution in [3.05, 3.63) is 40.3 Å². The second-order valence-electron chi connectivity index (χ2n) is 5.17. The number of aromatic nitrogens is 1. The standard InChI is InChI=1S/C16H20N4O2S/c1-11-7-18-15(23-11)9-20-16(17-2)19-8-12-10-21-13-5-3-4-6-14(13)22-12/h3-7,12H,8-10H2,1-2H3,(H2,17,19,20). The van der Waals surface area contributed by atoms with Crippen molar-refractivity contribution in [1.82, 2.24) is 15.6 Å². The Kier molecular flexibility index (Phi) is 4.97. The molecule has 0 amide bonds. The molecule has 0 spiro atoms. The number of ether oxygens (including phenoxy) is 2. The molecule has 0 bridgehead atoms. The Hall–Kier alpha value is -2.28. The molecule has 3 rings (SSSR count). The van der Waals surface area contributed by atoms with Crippen LogP contribution in [0.3, 0.4) is 0 Å². The highest BCUT2D eigenvalue weighted by molar-refractivity contribution is 7.11. The third-order valence-electron chi connectivity index (χ3n) is 3.36. The van der Waals surface area contributed by atoms with E-state index in [9.17, 15) is 0 Å². The van der Waals surface area contributed by atoms with Crippen molar-refractivity contribution < 1.29 is 9.47 Å². The van der Waals surface area contributed by atoms with Crippen LogP contribution in [0.4, 0.5) is 0 Å². The molecule has 0 radical (unpaired) electrons. The summed E-state index contributed by atoms with van der Waals surface area (Å²) in [5.74, 6) is 2.30. The van der Waals surface area contributed by atoms with Gasteiger partial charge in [-0.25, -0.2) is 4.98 Å². The van der Waals surface area contributed by atoms with E-state index >= 15 is 0 Å². The largest absolute Gasteiger partial charge is 0.486 e. The van der Waals surface area contributed by atoms with E-state index in [1.54, 1.807) is 18.4 Å². The monoisotopic (exact) mass is 332 g/mol. The first-order valence-corrected chi connectivity index (χ1v) is 8.30. The van der Waals surface area contributed by atoms with Gasteiger partial charge in [-0.05, 0) is 19.1 Å². The number of nitrogens with one attached hydrogen (secondary N) is 2. The number of fused-ring (bicyclic) bond motifs is 1. The molecule has 2 N–H and O–H groups in total. The molecule has 0 aliphatic carbocycles. The first kappa shape index (κ1) is 15.6. The van der Waals surface area contributed by atoms with Gasteiger partial charge in [0.05, 0.1) is 13.1 Å². The first-order chi connectivity index (χ1) is 11.2. The second-order valence-corrected chi connectivity index (χ2v) is 6.49. The topological polar surface area (TPSA) is 67.8 Å². The van der Waals surface area contributed by atoms with Gasteiger partial charge in [-0.3, -0.25) is 4.99 Å². The number of para-hydroxylation sites is 2. The quantitative estimate of drug-likeness (QED) is 0.662. The molecule has 2 heterocycles. The zero-order valence-corrected chi connectivity index (χ0v) is 14.0. The normalized spacial score (nSPS) is 17.0. The van der Waals surface area contributed by atoms with E-state index in [1.165, 1.54) is 4.88 Å². The van der Waals surface area contributed by atoms with Gasteiger partial charge >= 0.3 is 0 Å². The summed E-state index contributed by atoms with van der Waals surface area (Å²) >= 11 is 1.68. The van der Waals surface area contributed by atoms with Crippen molar-refractivity contribution >= 4 is 17.3 Å². The summed E-state index contributed by atoms with van der Waals surface area (Å²) in [6, 6.07) is 7.70. The Labute approximate surface area is 139 Å². The van der Waals surface area contributed by atoms with E-state index in [4.69, 9.17) is 9.47 Å². The molecule has 1 aliphatic rings. The Morgan fingerprint density at radius 2 is 2.17 bits per heavy atom. The Balaban J connectivity index is 1.47. The van der Waals surface area contributed by atoms with E-state index < -0.39 is 0 Å². The first-order valence-electron chi connectivity index (χ1n) is 7.49. The molecular weight excluding hydrogens is 312 g/mol. The van der Waals surface area contributed by atoms with E-state index in [2.05, 4.69) is 20.6 Å². The predicted octanol–water partition coefficient (Wildman–Crippen LogP) is 1.96. The van der Waals surface area contributed by atoms with E-state index in [0.29, 0.717) is 19.7 Å². The summed E-state index contributed by atoms with van der Waals surface area (Å²) in [5.41, 5.74) is 0. The Morgan fingerprint density at radius 1 is 1.35 bits per heavy atom. The van der Waals surface area contributed by atoms with Crippen molar-refractivity contribution in [3.63, 3.8) is 0 Å². The molecule has 1 atom stereocenters. The number of nitrogens with zero attached hydrogens (tertiary/aromatic N) is 2. The summed E-state index contributed by atoms with van der Waals surface area (Å²) in [4.78, 5) is 9.74. The highest BCUT2D eigenvalue weighted by atomic mass is 32.1. The molecule has 122 valence electrons. The fourth-order valence-corrected chi connectivity index (χ4v) is 2.96. The van der Waals surface area contributed by atoms with Crippen LogP contribution in [0, 0.1) is 6.92 Å². The van der Waals surface area contributed by atoms with Gasteiger partial charge in [0.25, 0.3) is 0 Å². The Morgan fingerprint density at radius 3 is 2.91 bits per heavy atom. The van der Waals surface area contributed by atoms with Crippen LogP contribution in [0.25, 0.3) is 0 Å². The lowest BCUT2D eigenvalue weighted by molar-refractivity contribution is 0.0936. The van der Waals surface area contributed by atoms with Gasteiger partial charge in [0, 0.05) is 18.1 Å². The zero-order chi connectivity index (χ0) is 16.1. The fraction of sp³-hybridized carbons (Fsp3) is 0.375. The SMILES string of the molecule is CN=C(NCc1ncc(C)s1)NCC1COc2ccccc2O1. The molecule has 0 fully saturated rings. The van der Waals surface area contributed by atoms with Crippen molar-refractivity contribution in [1.29, 1.82) is 0 Å². The minimum absolute atomic E-state index is 0.0504. The number of guanidine groups is 1. The van der Waals surface area contributed by atoms with Crippen LogP contribution in [0.15, 0.2) is 35.5 Å². The fourth-order valence-electron chi connectivity index (χ4n) is 2.24. The minimum Gasteiger partial charge on any atom is -0.486 e. The van der Waals surface area contributed by atoms with Crippen LogP contribution in [0.1, 0.15) is 9.88 Å². The summed E-state index contributed by atoms with van der Waals surface area (Å²) in [6.45, 7) is 3.84. The highest BCUT2D eigenvalue weighted by Gasteiger charge is 2.20. The number of rotatable bonds is 4. The average Bonchev–Trinajstić information content (AvgIpc) is 3.00. The van der Waals surface area contributed by atoms with Crippen LogP contribution in [-0.2, 0) is 6.54 Å². The molecule has 1 aliphatic heterocycles. The van der Waals surface area contributed by atoms with Gasteiger partial charge in [-0.15, -0.1) is 11.3 Å². The third-order valence-corrected chi connectivity index (χ3v) is 4.28. The van der Waals surface area contributed by atoms with Crippen molar-refractivity contribution in [2.75, 3.05) is 20.2 Å². The summed E-state index contributed by atoms with van der Waals surface area (Å²) in [7, 11) is 1.75. The molecule has 0 saturated carbocycles. The van der Waals surface area contributed by atoms with E-state index in [-0.39, 0.29) is 6.10 Å². The van der Waals surface area contributed by atoms with Crippen molar-refractivity contribution in [3.8, 4) is 11.5 Å². The van der Waals surface area contributed by atoms with Crippen LogP contribution >= 0.6 is 11.3 Å². The molecule has 1 unspecified atom stereocenters. The zero-order valence-electron chi connectivity index (χ0n) is 13.2. The van der Waals surface area contributed by atoms with Gasteiger partial charge in [-0.1, -0.05) is 12.1 Å². The lowest BCUT2D eigenvalue weighted by Gasteiger charge is -2.27. The number of aliphatic imine (C=N–C) groups is 1. The van der Waals surface area contributed by atoms with Gasteiger partial charge in [0.15, 0.2) is 17.5 Å². The third kappa shape index (κ3) is 4.13. The van der Waals surface area contributed by atoms with Crippen LogP contribution in [-0.4, -0.2) is 37.2 Å². The van der Waals surface area contributed by atoms with Crippen LogP contribution < -0.4 is 20.1 Å². The summed E-state index contributed by atoms with van der Waals surface area (Å²) in [6.07, 6.45) is 1.83. The smallest absolute Gasteiger partial charge is 0.191 e. The van der Waals surface area contributed by atoms with Gasteiger partial charge < -0.3 is 20.1 Å². The lowest BCUT2D eigenvalue weighted by Crippen LogP contribution is -2.45. The Bertz CT molecular complexity index is 686. The van der Waals surface area contributed by atoms with E-state index in [1.807, 2.05) is 37.4 Å². The molecular formula is C16H20N4O2S. The number of thiazole rings is 1. The van der Waals surface area contributed by atoms with Crippen LogP contribution in [0.5, 0.6) is 11.5 Å². The van der Waals surface area contributed by atoms with Crippen LogP contribution in [0.2, 0.25) is 0 Å². The maximum atomic E-state index is 5.91. The van der Waals surface area contributed by atoms with Crippen molar-refractivity contribution in [2.45, 2.75) is 19.6 Å². The molecule has 7 heteroatoms. The highest BCUT2D eigenvalue weighted by Crippen LogP contribution is 2.30. The molecule has 1 aromatic carbocycles. The predicted molar refractivity (Wildman–Crippen MR) is 91.4 cm³/mol. The molecule has 0 saturated heterocycles. The maximum absolute atomic E-state index is 5.91. The van der Waals surface area contributed by atoms with Gasteiger partial charge in [-0.2, -0.15) is 0 Å². The average molecular weight is 332 g/mol. The van der Waals surface area contributed by atoms with Crippen molar-refractivity contribution in [2.24, 2.45) is 4.99 Å². The number of hydrogen-bond acceptors (Lipinski definition) is 5. The lowest BCUT2D eigenvalue weighted by atomic mass is 10.2. The summed E-state index contributed by atoms with van der Waals surface area (Å²) in [5, 5.41) is 7.54. The second kappa shape index (κ2) is 7.32. The van der Waals surface area contributed by atoms with E-state index in [0.717, 1.165) is 22.5 Å². The molecule has 2 aromatic rings. The molecule has 23 heavy (non-hydrogen) atoms. The molecule has 1 aromatic heterocycles. The number of benzene rings is 1. The minimum atomic E-state index is -0.0504. The maximum Gasteiger partial charge on any atom is 0.191 e. The van der Waals surface area contributed by atoms with Gasteiger partial charge in [0.2, 0.25) is 0 Å². The summed E-state index contributed by atoms with van der Waals surface area (Å²) < 4.78 is 11.6. The molecule has 6 nitrogen and oxygen atoms in total. The number of hydrogen-bond donors (Lipinski definition) is 2.